The number of amides is 2. The molecule has 0 saturated carbocycles. The zero-order chi connectivity index (χ0) is 15.5. The van der Waals surface area contributed by atoms with Gasteiger partial charge < -0.3 is 15.2 Å². The van der Waals surface area contributed by atoms with Gasteiger partial charge in [0.05, 0.1) is 13.2 Å². The van der Waals surface area contributed by atoms with Crippen molar-refractivity contribution in [1.29, 1.82) is 0 Å². The van der Waals surface area contributed by atoms with E-state index in [4.69, 9.17) is 15.2 Å². The van der Waals surface area contributed by atoms with Crippen molar-refractivity contribution in [2.24, 2.45) is 5.73 Å². The molecule has 0 spiro atoms. The molecule has 8 heteroatoms. The van der Waals surface area contributed by atoms with Gasteiger partial charge in [0, 0.05) is 32.0 Å². The van der Waals surface area contributed by atoms with Crippen LogP contribution in [0.1, 0.15) is 19.3 Å². The summed E-state index contributed by atoms with van der Waals surface area (Å²) in [7, 11) is 1.64. The van der Waals surface area contributed by atoms with Gasteiger partial charge in [-0.2, -0.15) is 0 Å². The molecule has 0 unspecified atom stereocenters. The number of hydrogen-bond acceptors (Lipinski definition) is 6. The fourth-order valence-electron chi connectivity index (χ4n) is 2.46. The molecule has 4 N–H and O–H groups in total. The molecule has 0 aromatic heterocycles. The maximum Gasteiger partial charge on any atom is 0.355 e. The number of nitrogens with two attached hydrogens (primary N) is 1. The Balaban J connectivity index is 1.80. The van der Waals surface area contributed by atoms with E-state index >= 15 is 0 Å². The number of carbonyl (C=O) groups is 1. The van der Waals surface area contributed by atoms with Crippen LogP contribution in [0.15, 0.2) is 35.4 Å². The van der Waals surface area contributed by atoms with Gasteiger partial charge in [0.25, 0.3) is 0 Å². The van der Waals surface area contributed by atoms with Gasteiger partial charge in [0.2, 0.25) is 0 Å². The summed E-state index contributed by atoms with van der Waals surface area (Å²) in [5.74, 6) is 0.630. The lowest BCUT2D eigenvalue weighted by molar-refractivity contribution is -0.00415. The highest BCUT2D eigenvalue weighted by atomic mass is 16.5. The van der Waals surface area contributed by atoms with Gasteiger partial charge in [0.1, 0.15) is 17.6 Å². The molecule has 1 aliphatic carbocycles. The van der Waals surface area contributed by atoms with Crippen LogP contribution in [0, 0.1) is 0 Å². The van der Waals surface area contributed by atoms with Crippen molar-refractivity contribution in [3.05, 3.63) is 35.4 Å². The van der Waals surface area contributed by atoms with Crippen molar-refractivity contribution < 1.29 is 14.3 Å². The molecule has 120 valence electrons. The summed E-state index contributed by atoms with van der Waals surface area (Å²) in [5.41, 5.74) is 12.8. The van der Waals surface area contributed by atoms with Crippen molar-refractivity contribution >= 4 is 6.03 Å². The molecule has 2 aliphatic heterocycles. The molecule has 2 saturated heterocycles. The molecule has 0 radical (unpaired) electrons. The molecular weight excluding hydrogens is 286 g/mol. The SMILES string of the molecule is CN1NNN(C2=CCC(N)=CC=C2OC2CCOCC2)C1=O. The Morgan fingerprint density at radius 3 is 2.77 bits per heavy atom. The van der Waals surface area contributed by atoms with Crippen LogP contribution in [0.4, 0.5) is 4.79 Å². The predicted octanol–water partition coefficient (Wildman–Crippen LogP) is 0.488. The molecule has 2 fully saturated rings. The molecular formula is C14H21N5O3. The first kappa shape index (κ1) is 14.9. The molecule has 0 aromatic carbocycles. The number of nitrogens with zero attached hydrogens (tertiary/aromatic N) is 2. The van der Waals surface area contributed by atoms with E-state index in [0.717, 1.165) is 18.5 Å². The molecule has 0 aromatic rings. The second kappa shape index (κ2) is 6.39. The first-order valence-corrected chi connectivity index (χ1v) is 7.35. The van der Waals surface area contributed by atoms with Gasteiger partial charge in [-0.1, -0.05) is 0 Å². The fourth-order valence-corrected chi connectivity index (χ4v) is 2.46. The minimum absolute atomic E-state index is 0.0829. The van der Waals surface area contributed by atoms with Crippen LogP contribution in [-0.4, -0.2) is 42.4 Å². The van der Waals surface area contributed by atoms with E-state index < -0.39 is 0 Å². The van der Waals surface area contributed by atoms with Gasteiger partial charge in [-0.3, -0.25) is 0 Å². The zero-order valence-electron chi connectivity index (χ0n) is 12.5. The average Bonchev–Trinajstić information content (AvgIpc) is 2.75. The Morgan fingerprint density at radius 2 is 2.09 bits per heavy atom. The van der Waals surface area contributed by atoms with E-state index in [9.17, 15) is 4.79 Å². The maximum absolute atomic E-state index is 12.2. The Morgan fingerprint density at radius 1 is 1.32 bits per heavy atom. The molecule has 3 aliphatic rings. The first-order chi connectivity index (χ1) is 10.6. The fraction of sp³-hybridized carbons (Fsp3) is 0.500. The summed E-state index contributed by atoms with van der Waals surface area (Å²) in [5, 5.41) is 2.77. The van der Waals surface area contributed by atoms with E-state index in [2.05, 4.69) is 11.1 Å². The molecule has 2 amide bonds. The van der Waals surface area contributed by atoms with Gasteiger partial charge in [-0.15, -0.1) is 11.1 Å². The molecule has 0 bridgehead atoms. The van der Waals surface area contributed by atoms with Crippen LogP contribution in [0.2, 0.25) is 0 Å². The van der Waals surface area contributed by atoms with E-state index in [-0.39, 0.29) is 12.1 Å². The van der Waals surface area contributed by atoms with E-state index in [0.29, 0.717) is 31.1 Å². The Hall–Kier alpha value is -2.03. The van der Waals surface area contributed by atoms with Crippen LogP contribution >= 0.6 is 0 Å². The average molecular weight is 307 g/mol. The number of nitrogens with one attached hydrogen (secondary N) is 2. The second-order valence-corrected chi connectivity index (χ2v) is 5.40. The standard InChI is InChI=1S/C14H21N5O3/c1-18-14(20)19(17-16-18)12-4-2-10(15)3-5-13(12)22-11-6-8-21-9-7-11/h3-5,11,16-17H,2,6-9,15H2,1H3. The van der Waals surface area contributed by atoms with E-state index in [1.54, 1.807) is 7.05 Å². The summed E-state index contributed by atoms with van der Waals surface area (Å²) in [6.45, 7) is 1.39. The van der Waals surface area contributed by atoms with Crippen molar-refractivity contribution in [2.45, 2.75) is 25.4 Å². The molecule has 8 nitrogen and oxygen atoms in total. The second-order valence-electron chi connectivity index (χ2n) is 5.40. The summed E-state index contributed by atoms with van der Waals surface area (Å²) in [6, 6.07) is -0.215. The van der Waals surface area contributed by atoms with Crippen LogP contribution in [0.5, 0.6) is 0 Å². The third kappa shape index (κ3) is 3.08. The lowest BCUT2D eigenvalue weighted by atomic mass is 10.1. The largest absolute Gasteiger partial charge is 0.488 e. The minimum Gasteiger partial charge on any atom is -0.488 e. The molecule has 0 atom stereocenters. The van der Waals surface area contributed by atoms with Gasteiger partial charge in [0.15, 0.2) is 0 Å². The minimum atomic E-state index is -0.215. The number of carbonyl (C=O) groups excluding carboxylic acids is 1. The van der Waals surface area contributed by atoms with Gasteiger partial charge in [-0.05, 0) is 18.2 Å². The number of allylic oxidation sites excluding steroid dienone is 3. The predicted molar refractivity (Wildman–Crippen MR) is 79.2 cm³/mol. The van der Waals surface area contributed by atoms with Crippen LogP contribution in [-0.2, 0) is 9.47 Å². The Kier molecular flexibility index (Phi) is 4.32. The number of rotatable bonds is 3. The maximum atomic E-state index is 12.2. The molecule has 2 heterocycles. The first-order valence-electron chi connectivity index (χ1n) is 7.35. The number of hydrazine groups is 3. The number of ether oxygens (including phenoxy) is 2. The third-order valence-electron chi connectivity index (χ3n) is 3.74. The normalized spacial score (nSPS) is 23.9. The highest BCUT2D eigenvalue weighted by molar-refractivity contribution is 5.77. The number of hydrogen-bond donors (Lipinski definition) is 3. The zero-order valence-corrected chi connectivity index (χ0v) is 12.5. The third-order valence-corrected chi connectivity index (χ3v) is 3.74. The van der Waals surface area contributed by atoms with E-state index in [1.165, 1.54) is 10.0 Å². The summed E-state index contributed by atoms with van der Waals surface area (Å²) in [6.07, 6.45) is 7.83. The molecule has 22 heavy (non-hydrogen) atoms. The lowest BCUT2D eigenvalue weighted by Crippen LogP contribution is -2.38. The smallest absolute Gasteiger partial charge is 0.355 e. The summed E-state index contributed by atoms with van der Waals surface area (Å²) in [4.78, 5) is 12.2. The number of urea groups is 1. The van der Waals surface area contributed by atoms with Crippen molar-refractivity contribution in [3.8, 4) is 0 Å². The van der Waals surface area contributed by atoms with Crippen molar-refractivity contribution in [2.75, 3.05) is 20.3 Å². The van der Waals surface area contributed by atoms with Crippen LogP contribution < -0.4 is 16.8 Å². The van der Waals surface area contributed by atoms with Crippen molar-refractivity contribution in [3.63, 3.8) is 0 Å². The Bertz CT molecular complexity index is 537. The highest BCUT2D eigenvalue weighted by Crippen LogP contribution is 2.26. The van der Waals surface area contributed by atoms with Crippen LogP contribution in [0.25, 0.3) is 0 Å². The monoisotopic (exact) mass is 307 g/mol. The molecule has 3 rings (SSSR count). The Labute approximate surface area is 129 Å². The van der Waals surface area contributed by atoms with Crippen LogP contribution in [0.3, 0.4) is 0 Å². The van der Waals surface area contributed by atoms with Gasteiger partial charge in [-0.25, -0.2) is 14.8 Å². The lowest BCUT2D eigenvalue weighted by Gasteiger charge is -2.27. The topological polar surface area (TPSA) is 92.1 Å². The van der Waals surface area contributed by atoms with E-state index in [1.807, 2.05) is 18.2 Å². The summed E-state index contributed by atoms with van der Waals surface area (Å²) < 4.78 is 11.5. The van der Waals surface area contributed by atoms with Crippen molar-refractivity contribution in [1.82, 2.24) is 21.1 Å². The quantitative estimate of drug-likeness (QED) is 0.703. The summed E-state index contributed by atoms with van der Waals surface area (Å²) >= 11 is 0. The van der Waals surface area contributed by atoms with Gasteiger partial charge >= 0.3 is 6.03 Å². The highest BCUT2D eigenvalue weighted by Gasteiger charge is 2.32.